The maximum atomic E-state index is 11.9. The number of rotatable bonds is 3. The van der Waals surface area contributed by atoms with Crippen molar-refractivity contribution in [3.63, 3.8) is 0 Å². The molecule has 4 nitrogen and oxygen atoms in total. The Bertz CT molecular complexity index is 692. The van der Waals surface area contributed by atoms with Crippen LogP contribution >= 0.6 is 15.9 Å². The van der Waals surface area contributed by atoms with Crippen molar-refractivity contribution in [2.75, 3.05) is 0 Å². The van der Waals surface area contributed by atoms with Crippen LogP contribution in [0.1, 0.15) is 21.5 Å². The van der Waals surface area contributed by atoms with Crippen molar-refractivity contribution in [1.82, 2.24) is 4.57 Å². The Balaban J connectivity index is 2.36. The second-order valence-corrected chi connectivity index (χ2v) is 5.15. The second kappa shape index (κ2) is 5.40. The highest BCUT2D eigenvalue weighted by Gasteiger charge is 2.06. The zero-order valence-electron chi connectivity index (χ0n) is 10.4. The quantitative estimate of drug-likeness (QED) is 0.940. The lowest BCUT2D eigenvalue weighted by molar-refractivity contribution is 0.1000. The highest BCUT2D eigenvalue weighted by Crippen LogP contribution is 2.12. The monoisotopic (exact) mass is 320 g/mol. The fourth-order valence-corrected chi connectivity index (χ4v) is 2.22. The van der Waals surface area contributed by atoms with E-state index in [9.17, 15) is 9.59 Å². The summed E-state index contributed by atoms with van der Waals surface area (Å²) in [6, 6.07) is 8.75. The molecule has 0 fully saturated rings. The van der Waals surface area contributed by atoms with Crippen LogP contribution in [0.2, 0.25) is 0 Å². The first kappa shape index (κ1) is 13.5. The van der Waals surface area contributed by atoms with Gasteiger partial charge in [-0.1, -0.05) is 6.07 Å². The van der Waals surface area contributed by atoms with Gasteiger partial charge in [-0.3, -0.25) is 9.59 Å². The van der Waals surface area contributed by atoms with E-state index in [-0.39, 0.29) is 5.56 Å². The largest absolute Gasteiger partial charge is 0.366 e. The number of nitrogens with zero attached hydrogens (tertiary/aromatic N) is 1. The van der Waals surface area contributed by atoms with Crippen molar-refractivity contribution in [2.45, 2.75) is 13.5 Å². The minimum absolute atomic E-state index is 0.0825. The molecule has 0 atom stereocenters. The molecule has 5 heteroatoms. The highest BCUT2D eigenvalue weighted by atomic mass is 79.9. The van der Waals surface area contributed by atoms with Crippen LogP contribution in [0, 0.1) is 6.92 Å². The summed E-state index contributed by atoms with van der Waals surface area (Å²) in [5.41, 5.74) is 7.53. The third-order valence-electron chi connectivity index (χ3n) is 2.94. The van der Waals surface area contributed by atoms with Crippen LogP contribution in [0.3, 0.4) is 0 Å². The van der Waals surface area contributed by atoms with Gasteiger partial charge in [-0.2, -0.15) is 0 Å². The van der Waals surface area contributed by atoms with Gasteiger partial charge in [0.05, 0.1) is 11.0 Å². The molecule has 0 aliphatic carbocycles. The predicted octanol–water partition coefficient (Wildman–Crippen LogP) is 2.07. The standard InChI is InChI=1S/C14H13BrN2O2/c1-9-7-10(13(16)18)4-5-11(9)8-17-6-2-3-12(15)14(17)19/h2-7H,8H2,1H3,(H2,16,18). The number of hydrogen-bond donors (Lipinski definition) is 1. The van der Waals surface area contributed by atoms with Gasteiger partial charge < -0.3 is 10.3 Å². The zero-order chi connectivity index (χ0) is 14.0. The summed E-state index contributed by atoms with van der Waals surface area (Å²) >= 11 is 3.21. The molecule has 1 aromatic carbocycles. The normalized spacial score (nSPS) is 10.4. The number of carbonyl (C=O) groups excluding carboxylic acids is 1. The van der Waals surface area contributed by atoms with E-state index in [0.29, 0.717) is 16.6 Å². The van der Waals surface area contributed by atoms with Gasteiger partial charge in [-0.25, -0.2) is 0 Å². The van der Waals surface area contributed by atoms with E-state index in [2.05, 4.69) is 15.9 Å². The molecule has 0 spiro atoms. The van der Waals surface area contributed by atoms with E-state index in [1.165, 1.54) is 0 Å². The highest BCUT2D eigenvalue weighted by molar-refractivity contribution is 9.10. The van der Waals surface area contributed by atoms with Gasteiger partial charge in [0.2, 0.25) is 5.91 Å². The first-order valence-electron chi connectivity index (χ1n) is 5.73. The van der Waals surface area contributed by atoms with Crippen molar-refractivity contribution >= 4 is 21.8 Å². The number of hydrogen-bond acceptors (Lipinski definition) is 2. The van der Waals surface area contributed by atoms with Crippen molar-refractivity contribution < 1.29 is 4.79 Å². The lowest BCUT2D eigenvalue weighted by atomic mass is 10.0. The van der Waals surface area contributed by atoms with Crippen molar-refractivity contribution in [3.05, 3.63) is 68.0 Å². The number of pyridine rings is 1. The minimum atomic E-state index is -0.450. The van der Waals surface area contributed by atoms with Gasteiger partial charge in [-0.05, 0) is 58.2 Å². The third kappa shape index (κ3) is 2.93. The van der Waals surface area contributed by atoms with Gasteiger partial charge in [0.15, 0.2) is 0 Å². The maximum Gasteiger partial charge on any atom is 0.265 e. The van der Waals surface area contributed by atoms with Crippen LogP contribution in [0.25, 0.3) is 0 Å². The SMILES string of the molecule is Cc1cc(C(N)=O)ccc1Cn1cccc(Br)c1=O. The van der Waals surface area contributed by atoms with Crippen LogP contribution in [0.4, 0.5) is 0 Å². The topological polar surface area (TPSA) is 65.1 Å². The Morgan fingerprint density at radius 3 is 2.74 bits per heavy atom. The maximum absolute atomic E-state index is 11.9. The number of amides is 1. The summed E-state index contributed by atoms with van der Waals surface area (Å²) in [5.74, 6) is -0.450. The number of aryl methyl sites for hydroxylation is 1. The van der Waals surface area contributed by atoms with Gasteiger partial charge in [0, 0.05) is 11.8 Å². The summed E-state index contributed by atoms with van der Waals surface area (Å²) < 4.78 is 2.14. The molecule has 1 aromatic heterocycles. The summed E-state index contributed by atoms with van der Waals surface area (Å²) in [7, 11) is 0. The molecule has 1 amide bonds. The number of nitrogens with two attached hydrogens (primary N) is 1. The van der Waals surface area contributed by atoms with E-state index >= 15 is 0 Å². The second-order valence-electron chi connectivity index (χ2n) is 4.29. The Hall–Kier alpha value is -1.88. The molecule has 0 bridgehead atoms. The Morgan fingerprint density at radius 2 is 2.11 bits per heavy atom. The summed E-state index contributed by atoms with van der Waals surface area (Å²) in [4.78, 5) is 23.0. The van der Waals surface area contributed by atoms with Gasteiger partial charge in [-0.15, -0.1) is 0 Å². The Morgan fingerprint density at radius 1 is 1.37 bits per heavy atom. The molecule has 19 heavy (non-hydrogen) atoms. The fraction of sp³-hybridized carbons (Fsp3) is 0.143. The van der Waals surface area contributed by atoms with Crippen LogP contribution < -0.4 is 11.3 Å². The fourth-order valence-electron chi connectivity index (χ4n) is 1.84. The number of halogens is 1. The lowest BCUT2D eigenvalue weighted by Crippen LogP contribution is -2.20. The lowest BCUT2D eigenvalue weighted by Gasteiger charge is -2.10. The summed E-state index contributed by atoms with van der Waals surface area (Å²) in [5, 5.41) is 0. The molecule has 2 aromatic rings. The zero-order valence-corrected chi connectivity index (χ0v) is 12.0. The molecule has 0 radical (unpaired) electrons. The first-order chi connectivity index (χ1) is 8.99. The number of carbonyl (C=O) groups is 1. The number of benzene rings is 1. The average molecular weight is 321 g/mol. The number of aromatic nitrogens is 1. The molecule has 98 valence electrons. The van der Waals surface area contributed by atoms with E-state index in [1.54, 1.807) is 35.0 Å². The van der Waals surface area contributed by atoms with Gasteiger partial charge in [0.25, 0.3) is 5.56 Å². The molecule has 1 heterocycles. The van der Waals surface area contributed by atoms with E-state index in [4.69, 9.17) is 5.73 Å². The molecular formula is C14H13BrN2O2. The van der Waals surface area contributed by atoms with Crippen LogP contribution in [-0.2, 0) is 6.54 Å². The Labute approximate surface area is 119 Å². The van der Waals surface area contributed by atoms with E-state index < -0.39 is 5.91 Å². The smallest absolute Gasteiger partial charge is 0.265 e. The number of primary amides is 1. The van der Waals surface area contributed by atoms with Crippen molar-refractivity contribution in [2.24, 2.45) is 5.73 Å². The predicted molar refractivity (Wildman–Crippen MR) is 77.2 cm³/mol. The minimum Gasteiger partial charge on any atom is -0.366 e. The molecule has 0 unspecified atom stereocenters. The first-order valence-corrected chi connectivity index (χ1v) is 6.52. The molecule has 0 aliphatic heterocycles. The summed E-state index contributed by atoms with van der Waals surface area (Å²) in [6.45, 7) is 2.36. The third-order valence-corrected chi connectivity index (χ3v) is 3.55. The molecule has 2 N–H and O–H groups in total. The van der Waals surface area contributed by atoms with E-state index in [1.807, 2.05) is 13.0 Å². The Kier molecular flexibility index (Phi) is 3.85. The van der Waals surface area contributed by atoms with Crippen molar-refractivity contribution in [3.8, 4) is 0 Å². The van der Waals surface area contributed by atoms with Crippen LogP contribution in [0.15, 0.2) is 45.8 Å². The van der Waals surface area contributed by atoms with Gasteiger partial charge in [0.1, 0.15) is 0 Å². The van der Waals surface area contributed by atoms with E-state index in [0.717, 1.165) is 11.1 Å². The van der Waals surface area contributed by atoms with Gasteiger partial charge >= 0.3 is 0 Å². The van der Waals surface area contributed by atoms with Crippen molar-refractivity contribution in [1.29, 1.82) is 0 Å². The average Bonchev–Trinajstić information content (AvgIpc) is 2.37. The molecule has 0 saturated heterocycles. The molecule has 0 saturated carbocycles. The van der Waals surface area contributed by atoms with Crippen LogP contribution in [-0.4, -0.2) is 10.5 Å². The molecular weight excluding hydrogens is 308 g/mol. The van der Waals surface area contributed by atoms with Crippen LogP contribution in [0.5, 0.6) is 0 Å². The summed E-state index contributed by atoms with van der Waals surface area (Å²) in [6.07, 6.45) is 1.73. The molecule has 2 rings (SSSR count). The molecule has 0 aliphatic rings.